The molecule has 0 heterocycles. The maximum absolute atomic E-state index is 12.1. The second-order valence-electron chi connectivity index (χ2n) is 6.45. The van der Waals surface area contributed by atoms with Crippen molar-refractivity contribution in [3.8, 4) is 5.75 Å². The van der Waals surface area contributed by atoms with Crippen LogP contribution in [0.25, 0.3) is 0 Å². The summed E-state index contributed by atoms with van der Waals surface area (Å²) in [5, 5.41) is 2.84. The summed E-state index contributed by atoms with van der Waals surface area (Å²) in [4.78, 5) is 25.5. The average molecular weight is 354 g/mol. The maximum atomic E-state index is 12.1. The molecule has 2 aromatic carbocycles. The van der Waals surface area contributed by atoms with Crippen molar-refractivity contribution in [3.05, 3.63) is 59.7 Å². The number of unbranched alkanes of at least 4 members (excludes halogenated alkanes) is 1. The number of hydrogen-bond acceptors (Lipinski definition) is 3. The van der Waals surface area contributed by atoms with E-state index >= 15 is 0 Å². The Morgan fingerprint density at radius 1 is 1.04 bits per heavy atom. The number of carbonyl (C=O) groups is 2. The second kappa shape index (κ2) is 9.61. The van der Waals surface area contributed by atoms with Crippen LogP contribution in [0.1, 0.15) is 35.2 Å². The van der Waals surface area contributed by atoms with Crippen LogP contribution in [0.5, 0.6) is 5.75 Å². The van der Waals surface area contributed by atoms with E-state index in [0.29, 0.717) is 24.3 Å². The van der Waals surface area contributed by atoms with Gasteiger partial charge in [0, 0.05) is 31.8 Å². The number of nitrogens with one attached hydrogen (secondary N) is 1. The summed E-state index contributed by atoms with van der Waals surface area (Å²) in [6, 6.07) is 14.9. The molecule has 0 unspecified atom stereocenters. The molecule has 0 saturated carbocycles. The van der Waals surface area contributed by atoms with E-state index in [-0.39, 0.29) is 11.8 Å². The number of amides is 2. The smallest absolute Gasteiger partial charge is 0.253 e. The number of carbonyl (C=O) groups excluding carboxylic acids is 2. The van der Waals surface area contributed by atoms with Crippen LogP contribution < -0.4 is 10.1 Å². The lowest BCUT2D eigenvalue weighted by Crippen LogP contribution is -2.21. The molecule has 0 aliphatic carbocycles. The summed E-state index contributed by atoms with van der Waals surface area (Å²) < 4.78 is 5.68. The van der Waals surface area contributed by atoms with E-state index in [2.05, 4.69) is 5.32 Å². The molecule has 0 aliphatic rings. The first kappa shape index (κ1) is 19.5. The fourth-order valence-electron chi connectivity index (χ4n) is 2.49. The summed E-state index contributed by atoms with van der Waals surface area (Å²) in [6.45, 7) is 2.61. The van der Waals surface area contributed by atoms with E-state index in [0.717, 1.165) is 24.2 Å². The highest BCUT2D eigenvalue weighted by molar-refractivity contribution is 5.96. The van der Waals surface area contributed by atoms with Crippen molar-refractivity contribution < 1.29 is 14.3 Å². The highest BCUT2D eigenvalue weighted by Crippen LogP contribution is 2.14. The molecule has 0 radical (unpaired) electrons. The normalized spacial score (nSPS) is 10.3. The summed E-state index contributed by atoms with van der Waals surface area (Å²) in [5.74, 6) is 0.709. The van der Waals surface area contributed by atoms with Crippen molar-refractivity contribution in [1.29, 1.82) is 0 Å². The van der Waals surface area contributed by atoms with Crippen LogP contribution >= 0.6 is 0 Å². The zero-order valence-electron chi connectivity index (χ0n) is 15.6. The van der Waals surface area contributed by atoms with E-state index < -0.39 is 0 Å². The Morgan fingerprint density at radius 2 is 1.81 bits per heavy atom. The first-order chi connectivity index (χ1) is 12.5. The Kier molecular flexibility index (Phi) is 7.21. The van der Waals surface area contributed by atoms with Gasteiger partial charge < -0.3 is 15.0 Å². The Hall–Kier alpha value is -2.82. The van der Waals surface area contributed by atoms with Gasteiger partial charge >= 0.3 is 0 Å². The molecule has 0 atom stereocenters. The van der Waals surface area contributed by atoms with Crippen molar-refractivity contribution in [2.75, 3.05) is 26.0 Å². The highest BCUT2D eigenvalue weighted by atomic mass is 16.5. The molecule has 138 valence electrons. The molecule has 1 N–H and O–H groups in total. The third-order valence-electron chi connectivity index (χ3n) is 3.86. The molecule has 5 nitrogen and oxygen atoms in total. The van der Waals surface area contributed by atoms with Crippen LogP contribution in [0.3, 0.4) is 0 Å². The van der Waals surface area contributed by atoms with Gasteiger partial charge in [0.15, 0.2) is 0 Å². The number of aryl methyl sites for hydroxylation is 1. The lowest BCUT2D eigenvalue weighted by molar-refractivity contribution is -0.116. The molecule has 0 fully saturated rings. The van der Waals surface area contributed by atoms with E-state index in [1.807, 2.05) is 31.2 Å². The van der Waals surface area contributed by atoms with Gasteiger partial charge in [0.25, 0.3) is 5.91 Å². The molecule has 26 heavy (non-hydrogen) atoms. The molecule has 0 saturated heterocycles. The van der Waals surface area contributed by atoms with Gasteiger partial charge in [-0.3, -0.25) is 9.59 Å². The number of hydrogen-bond donors (Lipinski definition) is 1. The van der Waals surface area contributed by atoms with Gasteiger partial charge in [-0.2, -0.15) is 0 Å². The minimum Gasteiger partial charge on any atom is -0.494 e. The van der Waals surface area contributed by atoms with Crippen LogP contribution in [-0.2, 0) is 4.79 Å². The molecule has 2 amide bonds. The summed E-state index contributed by atoms with van der Waals surface area (Å²) in [6.07, 6.45) is 1.97. The molecular weight excluding hydrogens is 328 g/mol. The minimum atomic E-state index is -0.0885. The van der Waals surface area contributed by atoms with E-state index in [1.165, 1.54) is 4.90 Å². The number of nitrogens with zero attached hydrogens (tertiary/aromatic N) is 1. The van der Waals surface area contributed by atoms with Crippen molar-refractivity contribution in [1.82, 2.24) is 4.90 Å². The molecule has 0 aliphatic heterocycles. The van der Waals surface area contributed by atoms with E-state index in [1.54, 1.807) is 38.4 Å². The van der Waals surface area contributed by atoms with Crippen LogP contribution in [0, 0.1) is 6.92 Å². The van der Waals surface area contributed by atoms with Gasteiger partial charge in [-0.25, -0.2) is 0 Å². The molecule has 2 aromatic rings. The molecule has 0 aromatic heterocycles. The van der Waals surface area contributed by atoms with Gasteiger partial charge in [0.2, 0.25) is 5.91 Å². The number of ether oxygens (including phenoxy) is 1. The largest absolute Gasteiger partial charge is 0.494 e. The molecule has 0 spiro atoms. The number of anilines is 1. The van der Waals surface area contributed by atoms with E-state index in [4.69, 9.17) is 4.74 Å². The fraction of sp³-hybridized carbons (Fsp3) is 0.333. The topological polar surface area (TPSA) is 58.6 Å². The number of rotatable bonds is 8. The van der Waals surface area contributed by atoms with Gasteiger partial charge in [-0.1, -0.05) is 18.2 Å². The maximum Gasteiger partial charge on any atom is 0.253 e. The second-order valence-corrected chi connectivity index (χ2v) is 6.45. The van der Waals surface area contributed by atoms with Crippen LogP contribution in [0.4, 0.5) is 5.69 Å². The third kappa shape index (κ3) is 6.24. The van der Waals surface area contributed by atoms with Crippen molar-refractivity contribution >= 4 is 17.5 Å². The zero-order valence-corrected chi connectivity index (χ0v) is 15.6. The summed E-state index contributed by atoms with van der Waals surface area (Å²) in [5.41, 5.74) is 2.36. The van der Waals surface area contributed by atoms with Crippen molar-refractivity contribution in [2.24, 2.45) is 0 Å². The Labute approximate surface area is 155 Å². The highest BCUT2D eigenvalue weighted by Gasteiger charge is 2.09. The third-order valence-corrected chi connectivity index (χ3v) is 3.86. The average Bonchev–Trinajstić information content (AvgIpc) is 2.61. The van der Waals surface area contributed by atoms with Gasteiger partial charge in [-0.05, 0) is 55.7 Å². The lowest BCUT2D eigenvalue weighted by atomic mass is 10.1. The van der Waals surface area contributed by atoms with Gasteiger partial charge in [0.1, 0.15) is 5.75 Å². The first-order valence-electron chi connectivity index (χ1n) is 8.77. The lowest BCUT2D eigenvalue weighted by Gasteiger charge is -2.12. The van der Waals surface area contributed by atoms with Gasteiger partial charge in [-0.15, -0.1) is 0 Å². The Morgan fingerprint density at radius 3 is 2.54 bits per heavy atom. The molecule has 5 heteroatoms. The van der Waals surface area contributed by atoms with Crippen molar-refractivity contribution in [2.45, 2.75) is 26.2 Å². The van der Waals surface area contributed by atoms with Crippen LogP contribution in [0.2, 0.25) is 0 Å². The van der Waals surface area contributed by atoms with Gasteiger partial charge in [0.05, 0.1) is 6.61 Å². The monoisotopic (exact) mass is 354 g/mol. The van der Waals surface area contributed by atoms with Crippen LogP contribution in [-0.4, -0.2) is 37.4 Å². The zero-order chi connectivity index (χ0) is 18.9. The first-order valence-corrected chi connectivity index (χ1v) is 8.77. The van der Waals surface area contributed by atoms with Crippen LogP contribution in [0.15, 0.2) is 48.5 Å². The SMILES string of the molecule is Cc1cccc(OCCCCC(=O)Nc2cccc(C(=O)N(C)C)c2)c1. The summed E-state index contributed by atoms with van der Waals surface area (Å²) >= 11 is 0. The molecular formula is C21H26N2O3. The Bertz CT molecular complexity index is 756. The predicted octanol–water partition coefficient (Wildman–Crippen LogP) is 3.88. The molecule has 2 rings (SSSR count). The molecule has 0 bridgehead atoms. The van der Waals surface area contributed by atoms with E-state index in [9.17, 15) is 9.59 Å². The van der Waals surface area contributed by atoms with Crippen molar-refractivity contribution in [3.63, 3.8) is 0 Å². The standard InChI is InChI=1S/C21H26N2O3/c1-16-8-6-11-19(14-16)26-13-5-4-12-20(24)22-18-10-7-9-17(15-18)21(25)23(2)3/h6-11,14-15H,4-5,12-13H2,1-3H3,(H,22,24). The fourth-order valence-corrected chi connectivity index (χ4v) is 2.49. The number of benzene rings is 2. The predicted molar refractivity (Wildman–Crippen MR) is 104 cm³/mol. The Balaban J connectivity index is 1.72. The summed E-state index contributed by atoms with van der Waals surface area (Å²) in [7, 11) is 3.40. The quantitative estimate of drug-likeness (QED) is 0.732. The minimum absolute atomic E-state index is 0.0602.